The van der Waals surface area contributed by atoms with Crippen LogP contribution in [-0.2, 0) is 14.4 Å². The molecule has 0 spiro atoms. The lowest BCUT2D eigenvalue weighted by Crippen LogP contribution is -2.54. The van der Waals surface area contributed by atoms with Gasteiger partial charge in [-0.05, 0) is 92.9 Å². The minimum absolute atomic E-state index is 0.0345. The first-order chi connectivity index (χ1) is 24.4. The van der Waals surface area contributed by atoms with E-state index in [4.69, 9.17) is 0 Å². The van der Waals surface area contributed by atoms with Crippen molar-refractivity contribution in [1.29, 1.82) is 0 Å². The Kier molecular flexibility index (Phi) is 8.39. The predicted molar refractivity (Wildman–Crippen MR) is 193 cm³/mol. The van der Waals surface area contributed by atoms with E-state index in [1.807, 2.05) is 73.9 Å². The van der Waals surface area contributed by atoms with E-state index in [0.29, 0.717) is 57.2 Å². The number of hydrogen-bond acceptors (Lipinski definition) is 8. The summed E-state index contributed by atoms with van der Waals surface area (Å²) in [6.45, 7) is 4.89. The number of amides is 3. The summed E-state index contributed by atoms with van der Waals surface area (Å²) in [6.07, 6.45) is 9.34. The van der Waals surface area contributed by atoms with Crippen molar-refractivity contribution in [1.82, 2.24) is 30.3 Å². The normalized spacial score (nSPS) is 21.0. The number of amidine groups is 1. The summed E-state index contributed by atoms with van der Waals surface area (Å²) >= 11 is 0. The molecular formula is C38H41N9O3. The number of nitrogens with zero attached hydrogens (tertiary/aromatic N) is 6. The highest BCUT2D eigenvalue weighted by Crippen LogP contribution is 2.40. The van der Waals surface area contributed by atoms with E-state index in [1.54, 1.807) is 9.80 Å². The van der Waals surface area contributed by atoms with Crippen LogP contribution in [0.3, 0.4) is 0 Å². The number of carbonyl (C=O) groups is 3. The van der Waals surface area contributed by atoms with E-state index in [0.717, 1.165) is 44.9 Å². The molecule has 3 amide bonds. The largest absolute Gasteiger partial charge is 0.347 e. The van der Waals surface area contributed by atoms with E-state index >= 15 is 0 Å². The van der Waals surface area contributed by atoms with Crippen LogP contribution in [0.2, 0.25) is 0 Å². The highest BCUT2D eigenvalue weighted by Gasteiger charge is 2.44. The third-order valence-corrected chi connectivity index (χ3v) is 10.5. The number of aromatic nitrogens is 3. The van der Waals surface area contributed by atoms with E-state index in [9.17, 15) is 14.4 Å². The number of rotatable bonds is 9. The Labute approximate surface area is 290 Å². The van der Waals surface area contributed by atoms with Crippen molar-refractivity contribution in [3.05, 3.63) is 84.3 Å². The first kappa shape index (κ1) is 31.9. The van der Waals surface area contributed by atoms with Crippen molar-refractivity contribution in [2.75, 3.05) is 56.0 Å². The number of fused-ring (bicyclic) bond motifs is 1. The number of likely N-dealkylation sites (tertiary alicyclic amines) is 1. The number of anilines is 2. The number of benzene rings is 2. The monoisotopic (exact) mass is 671 g/mol. The molecule has 256 valence electrons. The molecule has 12 nitrogen and oxygen atoms in total. The van der Waals surface area contributed by atoms with E-state index in [2.05, 4.69) is 41.8 Å². The summed E-state index contributed by atoms with van der Waals surface area (Å²) < 4.78 is 0. The van der Waals surface area contributed by atoms with Crippen LogP contribution in [0.4, 0.5) is 11.4 Å². The van der Waals surface area contributed by atoms with Crippen molar-refractivity contribution >= 4 is 45.8 Å². The van der Waals surface area contributed by atoms with Gasteiger partial charge in [0.1, 0.15) is 18.1 Å². The van der Waals surface area contributed by atoms with Gasteiger partial charge in [-0.15, -0.1) is 0 Å². The Bertz CT molecular complexity index is 2020. The van der Waals surface area contributed by atoms with Gasteiger partial charge in [0.15, 0.2) is 0 Å². The Morgan fingerprint density at radius 2 is 1.88 bits per heavy atom. The molecule has 2 saturated heterocycles. The summed E-state index contributed by atoms with van der Waals surface area (Å²) in [4.78, 5) is 54.9. The lowest BCUT2D eigenvalue weighted by atomic mass is 9.83. The van der Waals surface area contributed by atoms with Gasteiger partial charge in [0.25, 0.3) is 0 Å². The predicted octanol–water partition coefficient (Wildman–Crippen LogP) is 4.28. The summed E-state index contributed by atoms with van der Waals surface area (Å²) in [5.74, 6) is 1.11. The van der Waals surface area contributed by atoms with Gasteiger partial charge in [0, 0.05) is 71.5 Å². The van der Waals surface area contributed by atoms with Crippen molar-refractivity contribution in [3.63, 3.8) is 0 Å². The van der Waals surface area contributed by atoms with Crippen LogP contribution in [0.1, 0.15) is 49.8 Å². The van der Waals surface area contributed by atoms with Gasteiger partial charge >= 0.3 is 0 Å². The standard InChI is InChI=1S/C38H41N9O3/c1-2-38(37(50)42-28-8-11-31-30(21-28)35(44-43-31)27-12-16-39-32(20-27)25-4-5-25)13-17-45(24-38)22-33(48)46-18-19-47(34(49)23-46)29-9-6-26(7-10-29)36-40-14-3-15-41-36/h3,6-12,14,16,20-21,25H,2,4-5,13,15,17-19,22-24H2,1H3,(H,40,41)(H,42,50)(H,43,44)/t38-/m1/s1. The Morgan fingerprint density at radius 1 is 1.02 bits per heavy atom. The second-order valence-corrected chi connectivity index (χ2v) is 13.8. The molecule has 8 rings (SSSR count). The third-order valence-electron chi connectivity index (χ3n) is 10.5. The number of carbonyl (C=O) groups excluding carboxylic acids is 3. The number of aromatic amines is 1. The number of piperazine rings is 1. The lowest BCUT2D eigenvalue weighted by molar-refractivity contribution is -0.137. The summed E-state index contributed by atoms with van der Waals surface area (Å²) in [5, 5.41) is 15.0. The minimum atomic E-state index is -0.617. The van der Waals surface area contributed by atoms with Crippen molar-refractivity contribution in [2.24, 2.45) is 10.4 Å². The molecule has 1 atom stereocenters. The molecule has 2 aromatic carbocycles. The average Bonchev–Trinajstić information content (AvgIpc) is 3.79. The SMILES string of the molecule is CC[C@@]1(C(=O)Nc2ccc3[nH]nc(-c4ccnc(C5CC5)c4)c3c2)CCN(CC(=O)N2CCN(c3ccc(C4=NCC=CN4)cc3)C(=O)C2)C1. The molecule has 1 aliphatic carbocycles. The number of aliphatic imine (C=N–C) groups is 1. The maximum absolute atomic E-state index is 13.9. The maximum atomic E-state index is 13.9. The number of nitrogens with one attached hydrogen (secondary N) is 3. The quantitative estimate of drug-likeness (QED) is 0.242. The molecule has 0 bridgehead atoms. The fraction of sp³-hybridized carbons (Fsp3) is 0.368. The van der Waals surface area contributed by atoms with Gasteiger partial charge in [-0.25, -0.2) is 0 Å². The van der Waals surface area contributed by atoms with Crippen molar-refractivity contribution in [3.8, 4) is 11.3 Å². The highest BCUT2D eigenvalue weighted by atomic mass is 16.2. The van der Waals surface area contributed by atoms with Gasteiger partial charge in [-0.1, -0.05) is 6.92 Å². The second-order valence-electron chi connectivity index (χ2n) is 13.8. The van der Waals surface area contributed by atoms with Gasteiger partial charge in [0.2, 0.25) is 17.7 Å². The Morgan fingerprint density at radius 3 is 2.64 bits per heavy atom. The van der Waals surface area contributed by atoms with Crippen molar-refractivity contribution < 1.29 is 14.4 Å². The molecule has 4 aromatic rings. The van der Waals surface area contributed by atoms with E-state index in [-0.39, 0.29) is 30.8 Å². The van der Waals surface area contributed by atoms with Gasteiger partial charge in [-0.2, -0.15) is 5.10 Å². The molecule has 12 heteroatoms. The van der Waals surface area contributed by atoms with Crippen LogP contribution in [0.5, 0.6) is 0 Å². The van der Waals surface area contributed by atoms with Gasteiger partial charge < -0.3 is 20.4 Å². The van der Waals surface area contributed by atoms with Crippen LogP contribution in [0.25, 0.3) is 22.2 Å². The van der Waals surface area contributed by atoms with Crippen LogP contribution in [-0.4, -0.2) is 94.4 Å². The number of H-pyrrole nitrogens is 1. The van der Waals surface area contributed by atoms with Crippen LogP contribution >= 0.6 is 0 Å². The number of hydrogen-bond donors (Lipinski definition) is 3. The maximum Gasteiger partial charge on any atom is 0.246 e. The smallest absolute Gasteiger partial charge is 0.246 e. The minimum Gasteiger partial charge on any atom is -0.347 e. The fourth-order valence-electron chi connectivity index (χ4n) is 7.31. The van der Waals surface area contributed by atoms with E-state index < -0.39 is 5.41 Å². The summed E-state index contributed by atoms with van der Waals surface area (Å²) in [7, 11) is 0. The molecule has 3 aliphatic heterocycles. The first-order valence-corrected chi connectivity index (χ1v) is 17.5. The molecule has 3 fully saturated rings. The van der Waals surface area contributed by atoms with E-state index in [1.165, 1.54) is 12.8 Å². The molecule has 5 heterocycles. The van der Waals surface area contributed by atoms with Gasteiger partial charge in [0.05, 0.1) is 24.0 Å². The van der Waals surface area contributed by atoms with Crippen LogP contribution in [0, 0.1) is 5.41 Å². The molecular weight excluding hydrogens is 630 g/mol. The molecule has 2 aromatic heterocycles. The highest BCUT2D eigenvalue weighted by molar-refractivity contribution is 6.02. The topological polar surface area (TPSA) is 139 Å². The average molecular weight is 672 g/mol. The van der Waals surface area contributed by atoms with Crippen molar-refractivity contribution in [2.45, 2.75) is 38.5 Å². The third kappa shape index (κ3) is 6.26. The molecule has 0 unspecified atom stereocenters. The van der Waals surface area contributed by atoms with Gasteiger partial charge in [-0.3, -0.25) is 34.4 Å². The lowest BCUT2D eigenvalue weighted by Gasteiger charge is -2.35. The second kappa shape index (κ2) is 13.2. The molecule has 50 heavy (non-hydrogen) atoms. The summed E-state index contributed by atoms with van der Waals surface area (Å²) in [6, 6.07) is 17.7. The fourth-order valence-corrected chi connectivity index (χ4v) is 7.31. The molecule has 0 radical (unpaired) electrons. The summed E-state index contributed by atoms with van der Waals surface area (Å²) in [5.41, 5.74) is 5.72. The zero-order valence-corrected chi connectivity index (χ0v) is 28.2. The Balaban J connectivity index is 0.877. The van der Waals surface area contributed by atoms with Crippen LogP contribution < -0.4 is 15.5 Å². The molecule has 3 N–H and O–H groups in total. The number of pyridine rings is 1. The molecule has 1 saturated carbocycles. The zero-order valence-electron chi connectivity index (χ0n) is 28.2. The Hall–Kier alpha value is -5.36. The molecule has 4 aliphatic rings. The zero-order chi connectivity index (χ0) is 34.2. The van der Waals surface area contributed by atoms with Crippen LogP contribution in [0.15, 0.2) is 78.1 Å². The first-order valence-electron chi connectivity index (χ1n) is 17.5.